The summed E-state index contributed by atoms with van der Waals surface area (Å²) in [6.07, 6.45) is 3.17. The Bertz CT molecular complexity index is 818. The Morgan fingerprint density at radius 3 is 2.33 bits per heavy atom. The van der Waals surface area contributed by atoms with E-state index in [4.69, 9.17) is 9.47 Å². The van der Waals surface area contributed by atoms with E-state index >= 15 is 0 Å². The molecule has 0 spiro atoms. The number of rotatable bonds is 4. The predicted octanol–water partition coefficient (Wildman–Crippen LogP) is 2.64. The van der Waals surface area contributed by atoms with Crippen LogP contribution in [0.15, 0.2) is 23.9 Å². The molecular formula is C18H21N3O6. The molecule has 2 heterocycles. The van der Waals surface area contributed by atoms with Crippen LogP contribution in [0.1, 0.15) is 32.3 Å². The van der Waals surface area contributed by atoms with Crippen molar-refractivity contribution in [3.05, 3.63) is 39.6 Å². The highest BCUT2D eigenvalue weighted by Crippen LogP contribution is 2.36. The second kappa shape index (κ2) is 6.90. The van der Waals surface area contributed by atoms with Crippen molar-refractivity contribution in [1.29, 1.82) is 0 Å². The fraction of sp³-hybridized carbons (Fsp3) is 0.444. The van der Waals surface area contributed by atoms with E-state index < -0.39 is 22.6 Å². The average Bonchev–Trinajstić information content (AvgIpc) is 3.08. The lowest BCUT2D eigenvalue weighted by atomic mass is 10.1. The van der Waals surface area contributed by atoms with Crippen LogP contribution in [0, 0.1) is 17.0 Å². The van der Waals surface area contributed by atoms with Crippen molar-refractivity contribution in [3.8, 4) is 0 Å². The Morgan fingerprint density at radius 2 is 1.78 bits per heavy atom. The number of carbonyl (C=O) groups excluding carboxylic acids is 2. The number of anilines is 2. The molecule has 9 nitrogen and oxygen atoms in total. The number of benzene rings is 1. The minimum atomic E-state index is -1.31. The van der Waals surface area contributed by atoms with Crippen molar-refractivity contribution in [3.63, 3.8) is 0 Å². The molecule has 144 valence electrons. The Hall–Kier alpha value is -3.10. The monoisotopic (exact) mass is 375 g/mol. The minimum absolute atomic E-state index is 0.0332. The molecule has 0 amide bonds. The van der Waals surface area contributed by atoms with E-state index in [2.05, 4.69) is 5.32 Å². The van der Waals surface area contributed by atoms with Gasteiger partial charge in [-0.05, 0) is 31.4 Å². The second-order valence-electron chi connectivity index (χ2n) is 6.99. The largest absolute Gasteiger partial charge is 0.419 e. The number of cyclic esters (lactones) is 2. The molecule has 2 aliphatic rings. The number of nitrogens with one attached hydrogen (secondary N) is 1. The molecule has 0 aromatic heterocycles. The summed E-state index contributed by atoms with van der Waals surface area (Å²) in [6.45, 7) is 6.14. The van der Waals surface area contributed by atoms with Crippen molar-refractivity contribution in [1.82, 2.24) is 0 Å². The normalized spacial score (nSPS) is 18.8. The molecule has 0 unspecified atom stereocenters. The highest BCUT2D eigenvalue weighted by molar-refractivity contribution is 6.15. The summed E-state index contributed by atoms with van der Waals surface area (Å²) in [4.78, 5) is 37.0. The fourth-order valence-electron chi connectivity index (χ4n) is 3.12. The standard InChI is InChI=1S/C18H21N3O6/c1-11-8-15(21(24)25)14(20-6-4-5-7-20)9-13(11)19-10-12-16(22)26-18(2,3)27-17(12)23/h8-10,19H,4-7H2,1-3H3. The Morgan fingerprint density at radius 1 is 1.19 bits per heavy atom. The third-order valence-corrected chi connectivity index (χ3v) is 4.45. The number of hydrogen-bond donors (Lipinski definition) is 1. The average molecular weight is 375 g/mol. The lowest BCUT2D eigenvalue weighted by Gasteiger charge is -2.29. The molecule has 0 radical (unpaired) electrons. The van der Waals surface area contributed by atoms with Crippen LogP contribution < -0.4 is 10.2 Å². The second-order valence-corrected chi connectivity index (χ2v) is 6.99. The van der Waals surface area contributed by atoms with Crippen LogP contribution in [0.3, 0.4) is 0 Å². The third kappa shape index (κ3) is 3.86. The van der Waals surface area contributed by atoms with Crippen molar-refractivity contribution >= 4 is 29.0 Å². The van der Waals surface area contributed by atoms with Gasteiger partial charge in [0, 0.05) is 44.9 Å². The first kappa shape index (κ1) is 18.7. The van der Waals surface area contributed by atoms with Crippen LogP contribution in [-0.2, 0) is 19.1 Å². The van der Waals surface area contributed by atoms with Crippen LogP contribution in [-0.4, -0.2) is 35.7 Å². The first-order valence-corrected chi connectivity index (χ1v) is 8.65. The van der Waals surface area contributed by atoms with Crippen LogP contribution >= 0.6 is 0 Å². The molecule has 2 saturated heterocycles. The molecule has 9 heteroatoms. The molecule has 0 aliphatic carbocycles. The van der Waals surface area contributed by atoms with Crippen LogP contribution in [0.4, 0.5) is 17.1 Å². The molecule has 0 saturated carbocycles. The summed E-state index contributed by atoms with van der Waals surface area (Å²) in [5.41, 5.74) is 1.44. The lowest BCUT2D eigenvalue weighted by molar-refractivity contribution is -0.384. The van der Waals surface area contributed by atoms with E-state index in [0.29, 0.717) is 16.9 Å². The SMILES string of the molecule is Cc1cc([N+](=O)[O-])c(N2CCCC2)cc1NC=C1C(=O)OC(C)(C)OC1=O. The maximum atomic E-state index is 12.0. The topological polar surface area (TPSA) is 111 Å². The zero-order valence-corrected chi connectivity index (χ0v) is 15.4. The van der Waals surface area contributed by atoms with E-state index in [0.717, 1.165) is 25.9 Å². The molecule has 3 rings (SSSR count). The summed E-state index contributed by atoms with van der Waals surface area (Å²) in [5, 5.41) is 14.3. The van der Waals surface area contributed by atoms with Gasteiger partial charge in [0.1, 0.15) is 5.69 Å². The van der Waals surface area contributed by atoms with Gasteiger partial charge >= 0.3 is 11.9 Å². The van der Waals surface area contributed by atoms with Gasteiger partial charge < -0.3 is 19.7 Å². The van der Waals surface area contributed by atoms with Gasteiger partial charge in [-0.3, -0.25) is 10.1 Å². The molecule has 0 bridgehead atoms. The molecule has 2 fully saturated rings. The summed E-state index contributed by atoms with van der Waals surface area (Å²) in [5.74, 6) is -2.89. The van der Waals surface area contributed by atoms with Crippen LogP contribution in [0.5, 0.6) is 0 Å². The summed E-state index contributed by atoms with van der Waals surface area (Å²) >= 11 is 0. The van der Waals surface area contributed by atoms with E-state index in [1.54, 1.807) is 13.0 Å². The van der Waals surface area contributed by atoms with Gasteiger partial charge in [0.15, 0.2) is 5.57 Å². The summed E-state index contributed by atoms with van der Waals surface area (Å²) < 4.78 is 10.1. The van der Waals surface area contributed by atoms with E-state index in [1.165, 1.54) is 26.1 Å². The molecule has 27 heavy (non-hydrogen) atoms. The number of ether oxygens (including phenoxy) is 2. The first-order valence-electron chi connectivity index (χ1n) is 8.65. The number of aryl methyl sites for hydroxylation is 1. The van der Waals surface area contributed by atoms with E-state index in [1.807, 2.05) is 4.90 Å². The highest BCUT2D eigenvalue weighted by atomic mass is 16.7. The minimum Gasteiger partial charge on any atom is -0.419 e. The highest BCUT2D eigenvalue weighted by Gasteiger charge is 2.39. The van der Waals surface area contributed by atoms with Gasteiger partial charge in [0.25, 0.3) is 11.5 Å². The molecule has 0 atom stereocenters. The van der Waals surface area contributed by atoms with E-state index in [-0.39, 0.29) is 11.3 Å². The number of nitrogens with zero attached hydrogens (tertiary/aromatic N) is 2. The zero-order chi connectivity index (χ0) is 19.8. The van der Waals surface area contributed by atoms with Crippen molar-refractivity contribution in [2.45, 2.75) is 39.4 Å². The number of nitro benzene ring substituents is 1. The van der Waals surface area contributed by atoms with Crippen LogP contribution in [0.2, 0.25) is 0 Å². The van der Waals surface area contributed by atoms with Gasteiger partial charge in [-0.2, -0.15) is 0 Å². The summed E-state index contributed by atoms with van der Waals surface area (Å²) in [6, 6.07) is 3.15. The van der Waals surface area contributed by atoms with Gasteiger partial charge in [0.2, 0.25) is 0 Å². The summed E-state index contributed by atoms with van der Waals surface area (Å²) in [7, 11) is 0. The van der Waals surface area contributed by atoms with Crippen molar-refractivity contribution in [2.24, 2.45) is 0 Å². The molecule has 2 aliphatic heterocycles. The zero-order valence-electron chi connectivity index (χ0n) is 15.4. The van der Waals surface area contributed by atoms with Gasteiger partial charge in [0.05, 0.1) is 4.92 Å². The Labute approximate surface area is 156 Å². The molecule has 1 aromatic carbocycles. The lowest BCUT2D eigenvalue weighted by Crippen LogP contribution is -2.42. The number of hydrogen-bond acceptors (Lipinski definition) is 8. The maximum Gasteiger partial charge on any atom is 0.350 e. The fourth-order valence-corrected chi connectivity index (χ4v) is 3.12. The molecule has 1 N–H and O–H groups in total. The smallest absolute Gasteiger partial charge is 0.350 e. The number of carbonyl (C=O) groups is 2. The molecular weight excluding hydrogens is 354 g/mol. The number of esters is 2. The maximum absolute atomic E-state index is 12.0. The Kier molecular flexibility index (Phi) is 4.77. The van der Waals surface area contributed by atoms with Gasteiger partial charge in [-0.15, -0.1) is 0 Å². The van der Waals surface area contributed by atoms with Crippen LogP contribution in [0.25, 0.3) is 0 Å². The first-order chi connectivity index (χ1) is 12.7. The van der Waals surface area contributed by atoms with E-state index in [9.17, 15) is 19.7 Å². The van der Waals surface area contributed by atoms with Crippen molar-refractivity contribution < 1.29 is 24.0 Å². The molecule has 1 aromatic rings. The quantitative estimate of drug-likeness (QED) is 0.281. The predicted molar refractivity (Wildman–Crippen MR) is 97.2 cm³/mol. The Balaban J connectivity index is 1.91. The van der Waals surface area contributed by atoms with Crippen molar-refractivity contribution in [2.75, 3.05) is 23.3 Å². The third-order valence-electron chi connectivity index (χ3n) is 4.45. The van der Waals surface area contributed by atoms with Gasteiger partial charge in [-0.25, -0.2) is 9.59 Å². The number of nitro groups is 1. The van der Waals surface area contributed by atoms with Gasteiger partial charge in [-0.1, -0.05) is 0 Å².